The first-order chi connectivity index (χ1) is 9.29. The van der Waals surface area contributed by atoms with E-state index < -0.39 is 0 Å². The van der Waals surface area contributed by atoms with Crippen LogP contribution < -0.4 is 5.32 Å². The normalized spacial score (nSPS) is 29.6. The van der Waals surface area contributed by atoms with Crippen LogP contribution >= 0.6 is 0 Å². The van der Waals surface area contributed by atoms with Gasteiger partial charge in [0.2, 0.25) is 0 Å². The Hall–Kier alpha value is -1.31. The third kappa shape index (κ3) is 2.41. The number of Topliss-reactive ketones (excluding diaryl/α,β-unsaturated/α-hetero) is 1. The van der Waals surface area contributed by atoms with E-state index in [2.05, 4.69) is 24.4 Å². The van der Waals surface area contributed by atoms with Gasteiger partial charge < -0.3 is 5.32 Å². The Bertz CT molecular complexity index is 468. The van der Waals surface area contributed by atoms with Gasteiger partial charge in [-0.25, -0.2) is 0 Å². The predicted molar refractivity (Wildman–Crippen MR) is 78.4 cm³/mol. The van der Waals surface area contributed by atoms with Gasteiger partial charge in [-0.2, -0.15) is 0 Å². The summed E-state index contributed by atoms with van der Waals surface area (Å²) in [6.07, 6.45) is 6.00. The molecule has 19 heavy (non-hydrogen) atoms. The minimum Gasteiger partial charge on any atom is -0.384 e. The lowest BCUT2D eigenvalue weighted by Gasteiger charge is -2.29. The van der Waals surface area contributed by atoms with Crippen LogP contribution in [0, 0.1) is 11.8 Å². The molecule has 3 rings (SSSR count). The van der Waals surface area contributed by atoms with Gasteiger partial charge in [0.15, 0.2) is 0 Å². The highest BCUT2D eigenvalue weighted by atomic mass is 16.1. The molecule has 3 unspecified atom stereocenters. The number of carbonyl (C=O) groups excluding carboxylic acids is 1. The van der Waals surface area contributed by atoms with Crippen molar-refractivity contribution in [2.24, 2.45) is 11.8 Å². The van der Waals surface area contributed by atoms with Gasteiger partial charge in [-0.15, -0.1) is 0 Å². The van der Waals surface area contributed by atoms with E-state index in [0.29, 0.717) is 11.7 Å². The number of anilines is 1. The van der Waals surface area contributed by atoms with E-state index in [0.717, 1.165) is 31.0 Å². The number of carbonyl (C=O) groups is 1. The van der Waals surface area contributed by atoms with Crippen LogP contribution in [-0.2, 0) is 4.79 Å². The second-order valence-electron chi connectivity index (χ2n) is 6.06. The second kappa shape index (κ2) is 5.36. The number of hydrogen-bond donors (Lipinski definition) is 1. The minimum absolute atomic E-state index is 0.0943. The van der Waals surface area contributed by atoms with Gasteiger partial charge in [0.1, 0.15) is 5.78 Å². The van der Waals surface area contributed by atoms with E-state index in [4.69, 9.17) is 0 Å². The second-order valence-corrected chi connectivity index (χ2v) is 6.06. The summed E-state index contributed by atoms with van der Waals surface area (Å²) in [7, 11) is 0. The van der Waals surface area contributed by atoms with Gasteiger partial charge in [-0.3, -0.25) is 4.79 Å². The lowest BCUT2D eigenvalue weighted by atomic mass is 9.75. The number of ketones is 1. The lowest BCUT2D eigenvalue weighted by Crippen LogP contribution is -2.28. The van der Waals surface area contributed by atoms with Crippen molar-refractivity contribution in [3.05, 3.63) is 29.8 Å². The monoisotopic (exact) mass is 257 g/mol. The van der Waals surface area contributed by atoms with E-state index in [9.17, 15) is 4.79 Å². The van der Waals surface area contributed by atoms with Crippen molar-refractivity contribution in [1.29, 1.82) is 0 Å². The molecule has 0 bridgehead atoms. The molecule has 0 amide bonds. The van der Waals surface area contributed by atoms with Crippen molar-refractivity contribution in [2.75, 3.05) is 11.9 Å². The van der Waals surface area contributed by atoms with Crippen molar-refractivity contribution in [3.8, 4) is 0 Å². The summed E-state index contributed by atoms with van der Waals surface area (Å²) in [6, 6.07) is 8.27. The van der Waals surface area contributed by atoms with E-state index >= 15 is 0 Å². The molecule has 3 atom stereocenters. The van der Waals surface area contributed by atoms with Crippen LogP contribution in [-0.4, -0.2) is 12.3 Å². The molecule has 0 aromatic heterocycles. The fourth-order valence-electron chi connectivity index (χ4n) is 3.74. The summed E-state index contributed by atoms with van der Waals surface area (Å²) in [5.74, 6) is 1.65. The number of hydrogen-bond acceptors (Lipinski definition) is 2. The summed E-state index contributed by atoms with van der Waals surface area (Å²) in [5.41, 5.74) is 2.37. The zero-order chi connectivity index (χ0) is 13.2. The maximum absolute atomic E-state index is 12.8. The van der Waals surface area contributed by atoms with Gasteiger partial charge in [-0.1, -0.05) is 44.4 Å². The van der Waals surface area contributed by atoms with Gasteiger partial charge >= 0.3 is 0 Å². The number of fused-ring (bicyclic) bond motifs is 1. The summed E-state index contributed by atoms with van der Waals surface area (Å²) < 4.78 is 0. The van der Waals surface area contributed by atoms with Crippen LogP contribution in [0.3, 0.4) is 0 Å². The summed E-state index contributed by atoms with van der Waals surface area (Å²) >= 11 is 0. The largest absolute Gasteiger partial charge is 0.384 e. The average Bonchev–Trinajstić information content (AvgIpc) is 2.90. The van der Waals surface area contributed by atoms with Crippen molar-refractivity contribution in [1.82, 2.24) is 0 Å². The maximum atomic E-state index is 12.8. The molecular weight excluding hydrogens is 234 g/mol. The van der Waals surface area contributed by atoms with Crippen LogP contribution in [0.4, 0.5) is 5.69 Å². The first-order valence-corrected chi connectivity index (χ1v) is 7.66. The molecule has 2 aliphatic rings. The molecule has 0 radical (unpaired) electrons. The summed E-state index contributed by atoms with van der Waals surface area (Å²) in [5, 5.41) is 3.37. The molecule has 2 heteroatoms. The van der Waals surface area contributed by atoms with Crippen molar-refractivity contribution in [3.63, 3.8) is 0 Å². The first-order valence-electron chi connectivity index (χ1n) is 7.66. The number of nitrogens with one attached hydrogen (secondary N) is 1. The van der Waals surface area contributed by atoms with Crippen LogP contribution in [0.25, 0.3) is 0 Å². The average molecular weight is 257 g/mol. The standard InChI is InChI=1S/C17H23NO/c1-2-12-6-5-7-13(10-12)17(19)15-11-18-16-9-4-3-8-14(15)16/h3-4,8-9,12-13,15,18H,2,5-7,10-11H2,1H3. The Labute approximate surface area is 115 Å². The van der Waals surface area contributed by atoms with Gasteiger partial charge in [0, 0.05) is 18.2 Å². The molecule has 0 spiro atoms. The van der Waals surface area contributed by atoms with Crippen LogP contribution in [0.2, 0.25) is 0 Å². The molecule has 2 nitrogen and oxygen atoms in total. The highest BCUT2D eigenvalue weighted by molar-refractivity contribution is 5.91. The van der Waals surface area contributed by atoms with E-state index in [1.165, 1.54) is 24.8 Å². The van der Waals surface area contributed by atoms with Crippen molar-refractivity contribution >= 4 is 11.5 Å². The zero-order valence-electron chi connectivity index (χ0n) is 11.7. The maximum Gasteiger partial charge on any atom is 0.145 e. The smallest absolute Gasteiger partial charge is 0.145 e. The minimum atomic E-state index is 0.0943. The van der Waals surface area contributed by atoms with Gasteiger partial charge in [0.05, 0.1) is 5.92 Å². The fraction of sp³-hybridized carbons (Fsp3) is 0.588. The molecule has 102 valence electrons. The molecule has 0 saturated heterocycles. The lowest BCUT2D eigenvalue weighted by molar-refractivity contribution is -0.125. The Balaban J connectivity index is 1.75. The molecule has 1 aromatic carbocycles. The van der Waals surface area contributed by atoms with E-state index in [1.54, 1.807) is 0 Å². The molecule has 1 aliphatic heterocycles. The number of para-hydroxylation sites is 1. The Morgan fingerprint density at radius 1 is 1.32 bits per heavy atom. The van der Waals surface area contributed by atoms with Crippen molar-refractivity contribution in [2.45, 2.75) is 44.9 Å². The van der Waals surface area contributed by atoms with Crippen LogP contribution in [0.15, 0.2) is 24.3 Å². The quantitative estimate of drug-likeness (QED) is 0.887. The van der Waals surface area contributed by atoms with E-state index in [1.807, 2.05) is 12.1 Å². The third-order valence-corrected chi connectivity index (χ3v) is 4.94. The molecule has 1 saturated carbocycles. The Morgan fingerprint density at radius 3 is 3.00 bits per heavy atom. The molecule has 1 aromatic rings. The Kier molecular flexibility index (Phi) is 3.58. The first kappa shape index (κ1) is 12.7. The third-order valence-electron chi connectivity index (χ3n) is 4.94. The zero-order valence-corrected chi connectivity index (χ0v) is 11.7. The van der Waals surface area contributed by atoms with Crippen LogP contribution in [0.5, 0.6) is 0 Å². The van der Waals surface area contributed by atoms with E-state index in [-0.39, 0.29) is 5.92 Å². The predicted octanol–water partition coefficient (Wildman–Crippen LogP) is 3.98. The SMILES string of the molecule is CCC1CCCC(C(=O)C2CNc3ccccc32)C1. The molecule has 1 aliphatic carbocycles. The topological polar surface area (TPSA) is 29.1 Å². The van der Waals surface area contributed by atoms with Crippen LogP contribution in [0.1, 0.15) is 50.5 Å². The Morgan fingerprint density at radius 2 is 2.16 bits per heavy atom. The summed E-state index contributed by atoms with van der Waals surface area (Å²) in [4.78, 5) is 12.8. The number of benzene rings is 1. The van der Waals surface area contributed by atoms with Gasteiger partial charge in [0.25, 0.3) is 0 Å². The molecule has 1 fully saturated rings. The fourth-order valence-corrected chi connectivity index (χ4v) is 3.74. The van der Waals surface area contributed by atoms with Crippen molar-refractivity contribution < 1.29 is 4.79 Å². The highest BCUT2D eigenvalue weighted by Gasteiger charge is 2.35. The molecule has 1 N–H and O–H groups in total. The highest BCUT2D eigenvalue weighted by Crippen LogP contribution is 2.38. The summed E-state index contributed by atoms with van der Waals surface area (Å²) in [6.45, 7) is 3.05. The molecule has 1 heterocycles. The number of rotatable bonds is 3. The molecular formula is C17H23NO. The van der Waals surface area contributed by atoms with Gasteiger partial charge in [-0.05, 0) is 30.4 Å².